The minimum absolute atomic E-state index is 0.0621. The Morgan fingerprint density at radius 3 is 2.32 bits per heavy atom. The van der Waals surface area contributed by atoms with E-state index in [0.717, 1.165) is 5.56 Å². The number of aromatic hydroxyl groups is 1. The summed E-state index contributed by atoms with van der Waals surface area (Å²) in [5.74, 6) is -1.52. The Balaban J connectivity index is 1.40. The molecule has 1 saturated heterocycles. The lowest BCUT2D eigenvalue weighted by molar-refractivity contribution is -0.191. The molecule has 0 radical (unpaired) electrons. The number of carbonyl (C=O) groups excluding carboxylic acids is 1. The average molecular weight is 615 g/mol. The number of phenolic OH excluding ortho intramolecular Hbond substituents is 1. The topological polar surface area (TPSA) is 157 Å². The Morgan fingerprint density at radius 1 is 1.02 bits per heavy atom. The van der Waals surface area contributed by atoms with Crippen LogP contribution in [0.1, 0.15) is 91.9 Å². The molecule has 0 aromatic heterocycles. The maximum Gasteiger partial charge on any atom is 0.185 e. The lowest BCUT2D eigenvalue weighted by Gasteiger charge is -2.62. The monoisotopic (exact) mass is 614 g/mol. The molecule has 1 aromatic rings. The molecule has 244 valence electrons. The van der Waals surface area contributed by atoms with Crippen LogP contribution in [-0.2, 0) is 14.3 Å². The summed E-state index contributed by atoms with van der Waals surface area (Å²) in [7, 11) is 0. The molecule has 9 heteroatoms. The van der Waals surface area contributed by atoms with E-state index in [4.69, 9.17) is 9.47 Å². The fourth-order valence-corrected chi connectivity index (χ4v) is 9.97. The highest BCUT2D eigenvalue weighted by Crippen LogP contribution is 2.70. The predicted molar refractivity (Wildman–Crippen MR) is 161 cm³/mol. The SMILES string of the molecule is CC(C)C(C)(O)C[C@H]1OC(c2ccc(O)cc2)O[C@]1(C)[C@H]1CC[C@@]2(O)C3=CC(=O)[C@@H]4C[C@@H](O)[C@@H](O)C[C@]4(C)[C@H]3[C@H](O)C[C@]12C. The minimum Gasteiger partial charge on any atom is -0.508 e. The molecule has 1 aliphatic heterocycles. The van der Waals surface area contributed by atoms with Gasteiger partial charge in [-0.3, -0.25) is 4.79 Å². The normalized spacial score (nSPS) is 48.4. The number of carbonyl (C=O) groups is 1. The quantitative estimate of drug-likeness (QED) is 0.292. The van der Waals surface area contributed by atoms with Crippen molar-refractivity contribution in [2.45, 2.75) is 128 Å². The van der Waals surface area contributed by atoms with Crippen LogP contribution in [0.5, 0.6) is 5.75 Å². The molecular weight excluding hydrogens is 564 g/mol. The zero-order valence-electron chi connectivity index (χ0n) is 26.7. The fourth-order valence-electron chi connectivity index (χ4n) is 9.97. The molecule has 2 unspecified atom stereocenters. The highest BCUT2D eigenvalue weighted by molar-refractivity contribution is 5.95. The van der Waals surface area contributed by atoms with E-state index < -0.39 is 70.2 Å². The maximum atomic E-state index is 13.6. The Morgan fingerprint density at radius 2 is 1.68 bits per heavy atom. The average Bonchev–Trinajstić information content (AvgIpc) is 3.39. The Bertz CT molecular complexity index is 1320. The van der Waals surface area contributed by atoms with E-state index in [-0.39, 0.29) is 49.1 Å². The molecule has 0 spiro atoms. The lowest BCUT2D eigenvalue weighted by atomic mass is 9.44. The third kappa shape index (κ3) is 4.48. The first-order valence-corrected chi connectivity index (χ1v) is 16.2. The number of aliphatic hydroxyl groups is 5. The van der Waals surface area contributed by atoms with Crippen molar-refractivity contribution in [3.63, 3.8) is 0 Å². The highest BCUT2D eigenvalue weighted by Gasteiger charge is 2.72. The second-order valence-electron chi connectivity index (χ2n) is 15.8. The first kappa shape index (κ1) is 32.1. The second-order valence-corrected chi connectivity index (χ2v) is 15.8. The van der Waals surface area contributed by atoms with Crippen molar-refractivity contribution in [2.75, 3.05) is 0 Å². The van der Waals surface area contributed by atoms with Gasteiger partial charge in [-0.05, 0) is 87.0 Å². The predicted octanol–water partition coefficient (Wildman–Crippen LogP) is 3.54. The number of ketones is 1. The van der Waals surface area contributed by atoms with Crippen molar-refractivity contribution in [1.82, 2.24) is 0 Å². The van der Waals surface area contributed by atoms with E-state index in [1.54, 1.807) is 31.2 Å². The fraction of sp³-hybridized carbons (Fsp3) is 0.743. The van der Waals surface area contributed by atoms with Crippen LogP contribution in [0.4, 0.5) is 0 Å². The Labute approximate surface area is 259 Å². The molecule has 4 aliphatic carbocycles. The molecule has 3 saturated carbocycles. The van der Waals surface area contributed by atoms with Crippen LogP contribution in [0.25, 0.3) is 0 Å². The number of ether oxygens (including phenoxy) is 2. The zero-order chi connectivity index (χ0) is 32.2. The number of phenols is 1. The molecule has 4 fully saturated rings. The van der Waals surface area contributed by atoms with Gasteiger partial charge in [0.2, 0.25) is 0 Å². The summed E-state index contributed by atoms with van der Waals surface area (Å²) in [4.78, 5) is 13.6. The molecule has 6 N–H and O–H groups in total. The summed E-state index contributed by atoms with van der Waals surface area (Å²) in [6.07, 6.45) is -0.980. The highest BCUT2D eigenvalue weighted by atomic mass is 16.7. The summed E-state index contributed by atoms with van der Waals surface area (Å²) >= 11 is 0. The van der Waals surface area contributed by atoms with Crippen LogP contribution in [0.15, 0.2) is 35.9 Å². The van der Waals surface area contributed by atoms with Crippen molar-refractivity contribution < 1.29 is 44.9 Å². The minimum atomic E-state index is -1.42. The number of fused-ring (bicyclic) bond motifs is 5. The van der Waals surface area contributed by atoms with Crippen LogP contribution in [0, 0.1) is 34.5 Å². The van der Waals surface area contributed by atoms with Crippen LogP contribution < -0.4 is 0 Å². The number of allylic oxidation sites excluding steroid dienone is 1. The molecule has 5 aliphatic rings. The molecular formula is C35H50O9. The number of benzene rings is 1. The molecule has 13 atom stereocenters. The summed E-state index contributed by atoms with van der Waals surface area (Å²) in [5, 5.41) is 67.1. The van der Waals surface area contributed by atoms with E-state index in [9.17, 15) is 35.4 Å². The summed E-state index contributed by atoms with van der Waals surface area (Å²) in [6.45, 7) is 11.6. The molecule has 9 nitrogen and oxygen atoms in total. The van der Waals surface area contributed by atoms with Crippen LogP contribution in [-0.4, -0.2) is 77.6 Å². The Hall–Kier alpha value is -1.85. The van der Waals surface area contributed by atoms with Crippen molar-refractivity contribution in [2.24, 2.45) is 34.5 Å². The van der Waals surface area contributed by atoms with Crippen molar-refractivity contribution in [3.05, 3.63) is 41.5 Å². The van der Waals surface area contributed by atoms with Gasteiger partial charge in [0.05, 0.1) is 41.2 Å². The van der Waals surface area contributed by atoms with Crippen LogP contribution in [0.3, 0.4) is 0 Å². The molecule has 0 bridgehead atoms. The van der Waals surface area contributed by atoms with E-state index >= 15 is 0 Å². The van der Waals surface area contributed by atoms with Gasteiger partial charge < -0.3 is 40.1 Å². The molecule has 44 heavy (non-hydrogen) atoms. The van der Waals surface area contributed by atoms with Gasteiger partial charge in [-0.15, -0.1) is 0 Å². The van der Waals surface area contributed by atoms with E-state index in [1.165, 1.54) is 6.08 Å². The van der Waals surface area contributed by atoms with E-state index in [2.05, 4.69) is 0 Å². The molecule has 6 rings (SSSR count). The standard InChI is InChI=1S/C35H50O9/c1-18(2)33(5,41)17-28-34(6,44-30(43-28)19-7-9-20(36)10-8-19)27-11-12-35(42)22-14-23(37)21-13-24(38)25(39)15-31(21,3)29(22)26(40)16-32(27,35)4/h7-10,14,18,21,24-30,36,38-42H,11-13,15-17H2,1-6H3/t21-,24+,25-,26+,27-,28+,29+,30?,31-,32+,33?,34+,35+/m0/s1. The summed E-state index contributed by atoms with van der Waals surface area (Å²) in [5.41, 5.74) is -3.94. The van der Waals surface area contributed by atoms with Gasteiger partial charge in [0.25, 0.3) is 0 Å². The van der Waals surface area contributed by atoms with E-state index in [1.807, 2.05) is 34.6 Å². The second kappa shape index (κ2) is 10.3. The third-order valence-electron chi connectivity index (χ3n) is 13.0. The number of hydrogen-bond donors (Lipinski definition) is 6. The van der Waals surface area contributed by atoms with Gasteiger partial charge in [0, 0.05) is 29.2 Å². The first-order chi connectivity index (χ1) is 20.4. The third-order valence-corrected chi connectivity index (χ3v) is 13.0. The number of rotatable bonds is 5. The number of hydrogen-bond acceptors (Lipinski definition) is 9. The first-order valence-electron chi connectivity index (χ1n) is 16.2. The van der Waals surface area contributed by atoms with Gasteiger partial charge in [0.15, 0.2) is 12.1 Å². The van der Waals surface area contributed by atoms with Crippen molar-refractivity contribution in [1.29, 1.82) is 0 Å². The van der Waals surface area contributed by atoms with Gasteiger partial charge in [-0.1, -0.05) is 39.8 Å². The van der Waals surface area contributed by atoms with Crippen molar-refractivity contribution >= 4 is 5.78 Å². The van der Waals surface area contributed by atoms with Crippen LogP contribution >= 0.6 is 0 Å². The van der Waals surface area contributed by atoms with Gasteiger partial charge >= 0.3 is 0 Å². The van der Waals surface area contributed by atoms with Crippen LogP contribution in [0.2, 0.25) is 0 Å². The van der Waals surface area contributed by atoms with Gasteiger partial charge in [-0.2, -0.15) is 0 Å². The number of aliphatic hydroxyl groups excluding tert-OH is 3. The summed E-state index contributed by atoms with van der Waals surface area (Å²) in [6, 6.07) is 6.64. The zero-order valence-corrected chi connectivity index (χ0v) is 26.7. The largest absolute Gasteiger partial charge is 0.508 e. The molecule has 0 amide bonds. The Kier molecular flexibility index (Phi) is 7.53. The molecule has 1 heterocycles. The maximum absolute atomic E-state index is 13.6. The van der Waals surface area contributed by atoms with Crippen molar-refractivity contribution in [3.8, 4) is 5.75 Å². The smallest absolute Gasteiger partial charge is 0.185 e. The summed E-state index contributed by atoms with van der Waals surface area (Å²) < 4.78 is 13.4. The van der Waals surface area contributed by atoms with E-state index in [0.29, 0.717) is 18.4 Å². The van der Waals surface area contributed by atoms with Gasteiger partial charge in [0.1, 0.15) is 5.75 Å². The van der Waals surface area contributed by atoms with Gasteiger partial charge in [-0.25, -0.2) is 0 Å². The molecule has 1 aromatic carbocycles. The lowest BCUT2D eigenvalue weighted by Crippen LogP contribution is -2.66.